The van der Waals surface area contributed by atoms with Crippen LogP contribution in [0.2, 0.25) is 0 Å². The predicted molar refractivity (Wildman–Crippen MR) is 98.0 cm³/mol. The molecule has 4 saturated carbocycles. The monoisotopic (exact) mass is 340 g/mol. The average Bonchev–Trinajstić information content (AvgIpc) is 2.55. The fourth-order valence-electron chi connectivity index (χ4n) is 6.02. The highest BCUT2D eigenvalue weighted by Gasteiger charge is 2.53. The molecule has 0 heterocycles. The summed E-state index contributed by atoms with van der Waals surface area (Å²) in [6.07, 6.45) is 7.81. The van der Waals surface area contributed by atoms with E-state index in [1.165, 1.54) is 38.5 Å². The summed E-state index contributed by atoms with van der Waals surface area (Å²) >= 11 is 0. The second-order valence-corrected chi connectivity index (χ2v) is 8.74. The van der Waals surface area contributed by atoms with Crippen LogP contribution in [0.3, 0.4) is 0 Å². The molecule has 1 atom stereocenters. The smallest absolute Gasteiger partial charge is 0.313 e. The predicted octanol–water partition coefficient (Wildman–Crippen LogP) is 3.65. The third kappa shape index (κ3) is 3.07. The highest BCUT2D eigenvalue weighted by molar-refractivity contribution is 6.39. The summed E-state index contributed by atoms with van der Waals surface area (Å²) in [5.41, 5.74) is 1.87. The lowest BCUT2D eigenvalue weighted by atomic mass is 9.48. The van der Waals surface area contributed by atoms with Gasteiger partial charge in [0.15, 0.2) is 0 Å². The van der Waals surface area contributed by atoms with Crippen LogP contribution in [-0.4, -0.2) is 17.9 Å². The van der Waals surface area contributed by atoms with Crippen molar-refractivity contribution in [2.75, 3.05) is 5.32 Å². The Morgan fingerprint density at radius 2 is 1.56 bits per heavy atom. The Kier molecular flexibility index (Phi) is 4.09. The molecule has 0 radical (unpaired) electrons. The van der Waals surface area contributed by atoms with Crippen LogP contribution in [0.15, 0.2) is 24.3 Å². The molecule has 4 nitrogen and oxygen atoms in total. The van der Waals surface area contributed by atoms with Gasteiger partial charge in [-0.15, -0.1) is 0 Å². The zero-order chi connectivity index (χ0) is 17.6. The van der Waals surface area contributed by atoms with Crippen LogP contribution in [0.5, 0.6) is 0 Å². The van der Waals surface area contributed by atoms with Crippen LogP contribution in [0, 0.1) is 30.1 Å². The van der Waals surface area contributed by atoms with Gasteiger partial charge in [0.05, 0.1) is 0 Å². The van der Waals surface area contributed by atoms with Gasteiger partial charge in [0.25, 0.3) is 0 Å². The van der Waals surface area contributed by atoms with E-state index >= 15 is 0 Å². The zero-order valence-corrected chi connectivity index (χ0v) is 15.2. The van der Waals surface area contributed by atoms with E-state index in [-0.39, 0.29) is 11.5 Å². The maximum absolute atomic E-state index is 12.4. The number of carbonyl (C=O) groups excluding carboxylic acids is 2. The van der Waals surface area contributed by atoms with Crippen molar-refractivity contribution in [1.82, 2.24) is 5.32 Å². The minimum atomic E-state index is -0.564. The number of para-hydroxylation sites is 1. The third-order valence-corrected chi connectivity index (χ3v) is 6.95. The first-order chi connectivity index (χ1) is 11.9. The zero-order valence-electron chi connectivity index (χ0n) is 15.2. The Labute approximate surface area is 149 Å². The Morgan fingerprint density at radius 1 is 1.00 bits per heavy atom. The molecular weight excluding hydrogens is 312 g/mol. The summed E-state index contributed by atoms with van der Waals surface area (Å²) in [4.78, 5) is 24.7. The second-order valence-electron chi connectivity index (χ2n) is 8.74. The van der Waals surface area contributed by atoms with Crippen LogP contribution < -0.4 is 10.6 Å². The lowest BCUT2D eigenvalue weighted by Gasteiger charge is -2.59. The molecule has 1 aromatic carbocycles. The Morgan fingerprint density at radius 3 is 2.12 bits per heavy atom. The normalized spacial score (nSPS) is 33.8. The van der Waals surface area contributed by atoms with Gasteiger partial charge in [0.2, 0.25) is 0 Å². The molecule has 1 aromatic rings. The van der Waals surface area contributed by atoms with Gasteiger partial charge in [-0.1, -0.05) is 18.2 Å². The van der Waals surface area contributed by atoms with E-state index in [0.29, 0.717) is 5.69 Å². The van der Waals surface area contributed by atoms with Crippen LogP contribution in [0.25, 0.3) is 0 Å². The van der Waals surface area contributed by atoms with Crippen LogP contribution in [0.1, 0.15) is 51.0 Å². The molecule has 0 spiro atoms. The molecule has 4 bridgehead atoms. The summed E-state index contributed by atoms with van der Waals surface area (Å²) in [6, 6.07) is 7.59. The van der Waals surface area contributed by atoms with Crippen molar-refractivity contribution >= 4 is 17.5 Å². The fraction of sp³-hybridized carbons (Fsp3) is 0.619. The van der Waals surface area contributed by atoms with E-state index in [0.717, 1.165) is 23.3 Å². The number of rotatable bonds is 3. The number of nitrogens with one attached hydrogen (secondary N) is 2. The first-order valence-corrected chi connectivity index (χ1v) is 9.63. The first kappa shape index (κ1) is 16.6. The quantitative estimate of drug-likeness (QED) is 0.825. The van der Waals surface area contributed by atoms with E-state index in [2.05, 4.69) is 17.6 Å². The molecule has 0 aliphatic heterocycles. The topological polar surface area (TPSA) is 58.2 Å². The van der Waals surface area contributed by atoms with Crippen LogP contribution >= 0.6 is 0 Å². The number of anilines is 1. The highest BCUT2D eigenvalue weighted by atomic mass is 16.2. The molecule has 2 amide bonds. The molecule has 134 valence electrons. The fourth-order valence-corrected chi connectivity index (χ4v) is 6.02. The van der Waals surface area contributed by atoms with Crippen molar-refractivity contribution in [3.63, 3.8) is 0 Å². The van der Waals surface area contributed by atoms with E-state index in [4.69, 9.17) is 0 Å². The molecule has 4 heteroatoms. The Bertz CT molecular complexity index is 662. The average molecular weight is 340 g/mol. The van der Waals surface area contributed by atoms with E-state index < -0.39 is 11.8 Å². The molecule has 4 aliphatic carbocycles. The summed E-state index contributed by atoms with van der Waals surface area (Å²) in [6.45, 7) is 4.03. The number of hydrogen-bond acceptors (Lipinski definition) is 2. The standard InChI is InChI=1S/C21H28N2O2/c1-13-5-3-4-6-18(13)23-20(25)19(24)22-14(2)21-10-15-7-16(11-21)9-17(8-15)12-21/h3-6,14-17H,7-12H2,1-2H3,(H,22,24)(H,23,25). The molecular formula is C21H28N2O2. The lowest BCUT2D eigenvalue weighted by molar-refractivity contribution is -0.138. The maximum atomic E-state index is 12.4. The van der Waals surface area contributed by atoms with Gasteiger partial charge in [0.1, 0.15) is 0 Å². The number of benzene rings is 1. The van der Waals surface area contributed by atoms with Gasteiger partial charge in [-0.25, -0.2) is 0 Å². The molecule has 0 saturated heterocycles. The maximum Gasteiger partial charge on any atom is 0.313 e. The van der Waals surface area contributed by atoms with Crippen molar-refractivity contribution < 1.29 is 9.59 Å². The SMILES string of the molecule is Cc1ccccc1NC(=O)C(=O)NC(C)C12CC3CC(CC(C3)C1)C2. The van der Waals surface area contributed by atoms with Crippen LogP contribution in [-0.2, 0) is 9.59 Å². The molecule has 2 N–H and O–H groups in total. The van der Waals surface area contributed by atoms with E-state index in [1.807, 2.05) is 31.2 Å². The minimum absolute atomic E-state index is 0.0658. The molecule has 0 aromatic heterocycles. The van der Waals surface area contributed by atoms with Gasteiger partial charge in [-0.05, 0) is 87.2 Å². The molecule has 5 rings (SSSR count). The second kappa shape index (κ2) is 6.15. The van der Waals surface area contributed by atoms with Crippen LogP contribution in [0.4, 0.5) is 5.69 Å². The van der Waals surface area contributed by atoms with Crippen molar-refractivity contribution in [3.8, 4) is 0 Å². The van der Waals surface area contributed by atoms with Gasteiger partial charge >= 0.3 is 11.8 Å². The molecule has 25 heavy (non-hydrogen) atoms. The minimum Gasteiger partial charge on any atom is -0.345 e. The number of amides is 2. The summed E-state index contributed by atoms with van der Waals surface area (Å²) in [7, 11) is 0. The number of aryl methyl sites for hydroxylation is 1. The molecule has 4 aliphatic rings. The summed E-state index contributed by atoms with van der Waals surface area (Å²) in [5.74, 6) is 1.45. The van der Waals surface area contributed by atoms with Crippen molar-refractivity contribution in [2.24, 2.45) is 23.2 Å². The molecule has 1 unspecified atom stereocenters. The van der Waals surface area contributed by atoms with E-state index in [9.17, 15) is 9.59 Å². The third-order valence-electron chi connectivity index (χ3n) is 6.95. The van der Waals surface area contributed by atoms with Gasteiger partial charge in [-0.3, -0.25) is 9.59 Å². The molecule has 4 fully saturated rings. The van der Waals surface area contributed by atoms with Crippen molar-refractivity contribution in [2.45, 2.75) is 58.4 Å². The summed E-state index contributed by atoms with van der Waals surface area (Å²) < 4.78 is 0. The first-order valence-electron chi connectivity index (χ1n) is 9.63. The largest absolute Gasteiger partial charge is 0.345 e. The Balaban J connectivity index is 1.40. The Hall–Kier alpha value is -1.84. The lowest BCUT2D eigenvalue weighted by Crippen LogP contribution is -2.57. The highest BCUT2D eigenvalue weighted by Crippen LogP contribution is 2.61. The van der Waals surface area contributed by atoms with Gasteiger partial charge < -0.3 is 10.6 Å². The van der Waals surface area contributed by atoms with Crippen molar-refractivity contribution in [3.05, 3.63) is 29.8 Å². The van der Waals surface area contributed by atoms with Gasteiger partial charge in [0, 0.05) is 11.7 Å². The van der Waals surface area contributed by atoms with Gasteiger partial charge in [-0.2, -0.15) is 0 Å². The summed E-state index contributed by atoms with van der Waals surface area (Å²) in [5, 5.41) is 5.76. The van der Waals surface area contributed by atoms with Crippen molar-refractivity contribution in [1.29, 1.82) is 0 Å². The van der Waals surface area contributed by atoms with E-state index in [1.54, 1.807) is 0 Å². The number of carbonyl (C=O) groups is 2. The number of hydrogen-bond donors (Lipinski definition) is 2.